The smallest absolute Gasteiger partial charge is 0.257 e. The van der Waals surface area contributed by atoms with Gasteiger partial charge in [-0.25, -0.2) is 0 Å². The van der Waals surface area contributed by atoms with Gasteiger partial charge in [0.1, 0.15) is 5.75 Å². The number of amides is 2. The van der Waals surface area contributed by atoms with Crippen LogP contribution < -0.4 is 10.1 Å². The van der Waals surface area contributed by atoms with Gasteiger partial charge in [0.2, 0.25) is 5.91 Å². The molecule has 4 nitrogen and oxygen atoms in total. The first-order valence-electron chi connectivity index (χ1n) is 6.21. The fraction of sp³-hybridized carbons (Fsp3) is 0.125. The van der Waals surface area contributed by atoms with E-state index in [4.69, 9.17) is 4.74 Å². The number of benzene rings is 2. The Bertz CT molecular complexity index is 591. The van der Waals surface area contributed by atoms with E-state index < -0.39 is 5.91 Å². The quantitative estimate of drug-likeness (QED) is 0.925. The van der Waals surface area contributed by atoms with Gasteiger partial charge in [-0.15, -0.1) is 0 Å². The van der Waals surface area contributed by atoms with Crippen LogP contribution >= 0.6 is 0 Å². The van der Waals surface area contributed by atoms with E-state index in [0.29, 0.717) is 11.3 Å². The van der Waals surface area contributed by atoms with Crippen molar-refractivity contribution in [2.24, 2.45) is 0 Å². The third-order valence-electron chi connectivity index (χ3n) is 2.81. The van der Waals surface area contributed by atoms with Crippen molar-refractivity contribution in [1.82, 2.24) is 5.32 Å². The lowest BCUT2D eigenvalue weighted by molar-refractivity contribution is -0.119. The summed E-state index contributed by atoms with van der Waals surface area (Å²) in [6.07, 6.45) is 0.183. The first-order valence-corrected chi connectivity index (χ1v) is 6.21. The normalized spacial score (nSPS) is 9.85. The largest absolute Gasteiger partial charge is 0.497 e. The summed E-state index contributed by atoms with van der Waals surface area (Å²) in [4.78, 5) is 23.6. The summed E-state index contributed by atoms with van der Waals surface area (Å²) < 4.78 is 5.01. The average molecular weight is 269 g/mol. The number of nitrogens with one attached hydrogen (secondary N) is 1. The molecule has 2 rings (SSSR count). The molecule has 102 valence electrons. The Hall–Kier alpha value is -2.62. The fourth-order valence-corrected chi connectivity index (χ4v) is 1.77. The van der Waals surface area contributed by atoms with E-state index in [0.717, 1.165) is 5.56 Å². The van der Waals surface area contributed by atoms with Gasteiger partial charge in [-0.2, -0.15) is 0 Å². The van der Waals surface area contributed by atoms with Gasteiger partial charge in [-0.05, 0) is 29.8 Å². The lowest BCUT2D eigenvalue weighted by Crippen LogP contribution is -2.31. The number of methoxy groups -OCH3 is 1. The maximum Gasteiger partial charge on any atom is 0.257 e. The number of ether oxygens (including phenoxy) is 1. The molecule has 0 unspecified atom stereocenters. The summed E-state index contributed by atoms with van der Waals surface area (Å²) in [5.41, 5.74) is 1.29. The van der Waals surface area contributed by atoms with Crippen LogP contribution in [0.25, 0.3) is 0 Å². The molecule has 0 heterocycles. The molecule has 0 aliphatic carbocycles. The minimum Gasteiger partial charge on any atom is -0.497 e. The number of carbonyl (C=O) groups excluding carboxylic acids is 2. The molecule has 0 bridgehead atoms. The van der Waals surface area contributed by atoms with E-state index in [9.17, 15) is 9.59 Å². The Morgan fingerprint density at radius 3 is 2.25 bits per heavy atom. The van der Waals surface area contributed by atoms with Gasteiger partial charge < -0.3 is 4.74 Å². The zero-order valence-electron chi connectivity index (χ0n) is 11.1. The molecule has 20 heavy (non-hydrogen) atoms. The summed E-state index contributed by atoms with van der Waals surface area (Å²) in [5, 5.41) is 2.36. The molecule has 0 aromatic heterocycles. The van der Waals surface area contributed by atoms with Gasteiger partial charge >= 0.3 is 0 Å². The molecule has 0 fully saturated rings. The highest BCUT2D eigenvalue weighted by Gasteiger charge is 2.10. The molecule has 2 aromatic carbocycles. The van der Waals surface area contributed by atoms with E-state index >= 15 is 0 Å². The van der Waals surface area contributed by atoms with Crippen molar-refractivity contribution in [1.29, 1.82) is 0 Å². The van der Waals surface area contributed by atoms with Crippen LogP contribution in [0, 0.1) is 0 Å². The van der Waals surface area contributed by atoms with Crippen LogP contribution in [-0.4, -0.2) is 18.9 Å². The second-order valence-electron chi connectivity index (χ2n) is 4.27. The van der Waals surface area contributed by atoms with Gasteiger partial charge in [-0.1, -0.05) is 30.3 Å². The van der Waals surface area contributed by atoms with E-state index in [1.165, 1.54) is 0 Å². The number of hydrogen-bond donors (Lipinski definition) is 1. The lowest BCUT2D eigenvalue weighted by Gasteiger charge is -2.05. The Morgan fingerprint density at radius 1 is 1.00 bits per heavy atom. The fourth-order valence-electron chi connectivity index (χ4n) is 1.77. The first kappa shape index (κ1) is 13.8. The highest BCUT2D eigenvalue weighted by atomic mass is 16.5. The van der Waals surface area contributed by atoms with Gasteiger partial charge in [0.05, 0.1) is 13.5 Å². The van der Waals surface area contributed by atoms with E-state index in [2.05, 4.69) is 5.32 Å². The van der Waals surface area contributed by atoms with Crippen molar-refractivity contribution in [3.63, 3.8) is 0 Å². The molecular formula is C16H15NO3. The summed E-state index contributed by atoms with van der Waals surface area (Å²) in [5.74, 6) is -0.0669. The Labute approximate surface area is 117 Å². The first-order chi connectivity index (χ1) is 9.69. The minimum atomic E-state index is -0.409. The van der Waals surface area contributed by atoms with E-state index in [1.54, 1.807) is 31.4 Å². The third-order valence-corrected chi connectivity index (χ3v) is 2.81. The summed E-state index contributed by atoms with van der Waals surface area (Å²) in [6, 6.07) is 15.9. The van der Waals surface area contributed by atoms with Crippen LogP contribution in [0.15, 0.2) is 54.6 Å². The molecule has 0 aliphatic rings. The van der Waals surface area contributed by atoms with Crippen molar-refractivity contribution >= 4 is 11.8 Å². The second-order valence-corrected chi connectivity index (χ2v) is 4.27. The lowest BCUT2D eigenvalue weighted by atomic mass is 10.1. The molecule has 0 spiro atoms. The maximum atomic E-state index is 11.9. The summed E-state index contributed by atoms with van der Waals surface area (Å²) in [7, 11) is 1.55. The molecule has 0 radical (unpaired) electrons. The molecule has 1 N–H and O–H groups in total. The topological polar surface area (TPSA) is 55.4 Å². The van der Waals surface area contributed by atoms with Crippen molar-refractivity contribution in [2.75, 3.05) is 7.11 Å². The van der Waals surface area contributed by atoms with Gasteiger partial charge in [-0.3, -0.25) is 14.9 Å². The van der Waals surface area contributed by atoms with Gasteiger partial charge in [0.25, 0.3) is 5.91 Å². The maximum absolute atomic E-state index is 11.9. The minimum absolute atomic E-state index is 0.183. The molecular weight excluding hydrogens is 254 g/mol. The molecule has 0 saturated heterocycles. The van der Waals surface area contributed by atoms with Crippen LogP contribution in [0.2, 0.25) is 0 Å². The number of rotatable bonds is 4. The molecule has 0 atom stereocenters. The average Bonchev–Trinajstić information content (AvgIpc) is 2.48. The zero-order valence-corrected chi connectivity index (χ0v) is 11.1. The Balaban J connectivity index is 1.95. The van der Waals surface area contributed by atoms with Crippen LogP contribution in [0.4, 0.5) is 0 Å². The van der Waals surface area contributed by atoms with Crippen LogP contribution in [-0.2, 0) is 11.2 Å². The third kappa shape index (κ3) is 3.68. The van der Waals surface area contributed by atoms with Crippen LogP contribution in [0.1, 0.15) is 15.9 Å². The van der Waals surface area contributed by atoms with Crippen LogP contribution in [0.5, 0.6) is 5.75 Å². The number of hydrogen-bond acceptors (Lipinski definition) is 3. The molecule has 4 heteroatoms. The SMILES string of the molecule is COc1ccc(C(=O)NC(=O)Cc2ccccc2)cc1. The van der Waals surface area contributed by atoms with Crippen LogP contribution in [0.3, 0.4) is 0 Å². The molecule has 0 saturated carbocycles. The Morgan fingerprint density at radius 2 is 1.65 bits per heavy atom. The monoisotopic (exact) mass is 269 g/mol. The standard InChI is InChI=1S/C16H15NO3/c1-20-14-9-7-13(8-10-14)16(19)17-15(18)11-12-5-3-2-4-6-12/h2-10H,11H2,1H3,(H,17,18,19). The summed E-state index contributed by atoms with van der Waals surface area (Å²) in [6.45, 7) is 0. The van der Waals surface area contributed by atoms with E-state index in [-0.39, 0.29) is 12.3 Å². The van der Waals surface area contributed by atoms with Gasteiger partial charge in [0.15, 0.2) is 0 Å². The molecule has 2 amide bonds. The molecule has 0 aliphatic heterocycles. The van der Waals surface area contributed by atoms with Crippen molar-refractivity contribution in [3.8, 4) is 5.75 Å². The predicted octanol–water partition coefficient (Wildman–Crippen LogP) is 2.19. The van der Waals surface area contributed by atoms with Crippen molar-refractivity contribution in [2.45, 2.75) is 6.42 Å². The Kier molecular flexibility index (Phi) is 4.50. The predicted molar refractivity (Wildman–Crippen MR) is 75.6 cm³/mol. The van der Waals surface area contributed by atoms with E-state index in [1.807, 2.05) is 30.3 Å². The highest BCUT2D eigenvalue weighted by Crippen LogP contribution is 2.11. The highest BCUT2D eigenvalue weighted by molar-refractivity contribution is 6.05. The number of imide groups is 1. The second kappa shape index (κ2) is 6.52. The summed E-state index contributed by atoms with van der Waals surface area (Å²) >= 11 is 0. The van der Waals surface area contributed by atoms with Crippen molar-refractivity contribution in [3.05, 3.63) is 65.7 Å². The van der Waals surface area contributed by atoms with Crippen molar-refractivity contribution < 1.29 is 14.3 Å². The number of carbonyl (C=O) groups is 2. The molecule has 2 aromatic rings. The zero-order chi connectivity index (χ0) is 14.4. The van der Waals surface area contributed by atoms with Gasteiger partial charge in [0, 0.05) is 5.56 Å².